The van der Waals surface area contributed by atoms with E-state index in [1.54, 1.807) is 24.7 Å². The molecule has 0 bridgehead atoms. The van der Waals surface area contributed by atoms with Crippen LogP contribution in [0, 0.1) is 6.92 Å². The van der Waals surface area contributed by atoms with Crippen molar-refractivity contribution >= 4 is 17.0 Å². The highest BCUT2D eigenvalue weighted by atomic mass is 16.5. The molecule has 0 spiro atoms. The van der Waals surface area contributed by atoms with Crippen LogP contribution in [0.2, 0.25) is 0 Å². The number of hydrogen-bond donors (Lipinski definition) is 1. The van der Waals surface area contributed by atoms with Gasteiger partial charge in [-0.25, -0.2) is 14.8 Å². The van der Waals surface area contributed by atoms with Crippen LogP contribution < -0.4 is 4.74 Å². The Balaban J connectivity index is 2.10. The standard InChI is InChI=1S/C15H13N3O3/c1-9-3-4-10(15(19)20)12(7-9)21-14-13-11(5-6-16-14)18(2)8-17-13/h3-8H,1-2H3,(H,19,20). The molecule has 0 aliphatic heterocycles. The van der Waals surface area contributed by atoms with E-state index in [9.17, 15) is 9.90 Å². The summed E-state index contributed by atoms with van der Waals surface area (Å²) < 4.78 is 7.56. The van der Waals surface area contributed by atoms with Gasteiger partial charge < -0.3 is 14.4 Å². The summed E-state index contributed by atoms with van der Waals surface area (Å²) in [4.78, 5) is 19.7. The molecule has 1 aromatic carbocycles. The molecule has 1 N–H and O–H groups in total. The van der Waals surface area contributed by atoms with Gasteiger partial charge in [0.15, 0.2) is 5.52 Å². The van der Waals surface area contributed by atoms with Gasteiger partial charge >= 0.3 is 5.97 Å². The second-order valence-corrected chi connectivity index (χ2v) is 4.75. The second-order valence-electron chi connectivity index (χ2n) is 4.75. The van der Waals surface area contributed by atoms with Crippen LogP contribution in [-0.2, 0) is 7.05 Å². The Bertz CT molecular complexity index is 839. The molecule has 0 saturated heterocycles. The molecule has 0 fully saturated rings. The molecule has 0 saturated carbocycles. The average Bonchev–Trinajstić information content (AvgIpc) is 2.82. The van der Waals surface area contributed by atoms with Crippen molar-refractivity contribution in [1.82, 2.24) is 14.5 Å². The molecular formula is C15H13N3O3. The summed E-state index contributed by atoms with van der Waals surface area (Å²) in [6.45, 7) is 1.87. The summed E-state index contributed by atoms with van der Waals surface area (Å²) in [6, 6.07) is 6.74. The van der Waals surface area contributed by atoms with E-state index in [0.29, 0.717) is 11.4 Å². The van der Waals surface area contributed by atoms with Gasteiger partial charge in [-0.05, 0) is 30.7 Å². The lowest BCUT2D eigenvalue weighted by molar-refractivity contribution is 0.0694. The number of imidazole rings is 1. The maximum absolute atomic E-state index is 11.3. The lowest BCUT2D eigenvalue weighted by Gasteiger charge is -2.09. The highest BCUT2D eigenvalue weighted by Gasteiger charge is 2.15. The Morgan fingerprint density at radius 1 is 1.29 bits per heavy atom. The monoisotopic (exact) mass is 283 g/mol. The number of nitrogens with zero attached hydrogens (tertiary/aromatic N) is 3. The van der Waals surface area contributed by atoms with Crippen molar-refractivity contribution in [2.75, 3.05) is 0 Å². The predicted octanol–water partition coefficient (Wildman–Crippen LogP) is 2.77. The lowest BCUT2D eigenvalue weighted by atomic mass is 10.1. The number of pyridine rings is 1. The van der Waals surface area contributed by atoms with Gasteiger partial charge in [0.1, 0.15) is 11.3 Å². The zero-order valence-electron chi connectivity index (χ0n) is 11.6. The third kappa shape index (κ3) is 2.31. The molecule has 0 aliphatic rings. The van der Waals surface area contributed by atoms with Gasteiger partial charge in [-0.15, -0.1) is 0 Å². The van der Waals surface area contributed by atoms with E-state index in [4.69, 9.17) is 4.74 Å². The number of aryl methyl sites for hydroxylation is 2. The summed E-state index contributed by atoms with van der Waals surface area (Å²) in [7, 11) is 1.87. The summed E-state index contributed by atoms with van der Waals surface area (Å²) in [5.74, 6) is -0.493. The molecule has 6 heteroatoms. The zero-order valence-corrected chi connectivity index (χ0v) is 11.6. The minimum atomic E-state index is -1.04. The van der Waals surface area contributed by atoms with Crippen molar-refractivity contribution in [2.24, 2.45) is 7.05 Å². The molecule has 2 heterocycles. The van der Waals surface area contributed by atoms with E-state index in [-0.39, 0.29) is 11.3 Å². The zero-order chi connectivity index (χ0) is 15.0. The van der Waals surface area contributed by atoms with E-state index < -0.39 is 5.97 Å². The minimum absolute atomic E-state index is 0.0929. The molecule has 0 unspecified atom stereocenters. The number of benzene rings is 1. The summed E-state index contributed by atoms with van der Waals surface area (Å²) in [5.41, 5.74) is 2.46. The van der Waals surface area contributed by atoms with Gasteiger partial charge in [-0.3, -0.25) is 0 Å². The van der Waals surface area contributed by atoms with E-state index in [1.165, 1.54) is 6.07 Å². The van der Waals surface area contributed by atoms with Crippen molar-refractivity contribution in [3.05, 3.63) is 47.9 Å². The van der Waals surface area contributed by atoms with Gasteiger partial charge in [0.2, 0.25) is 5.88 Å². The average molecular weight is 283 g/mol. The van der Waals surface area contributed by atoms with Gasteiger partial charge in [-0.1, -0.05) is 6.07 Å². The van der Waals surface area contributed by atoms with Crippen LogP contribution in [0.5, 0.6) is 11.6 Å². The topological polar surface area (TPSA) is 77.2 Å². The second kappa shape index (κ2) is 4.90. The van der Waals surface area contributed by atoms with Gasteiger partial charge in [-0.2, -0.15) is 0 Å². The largest absolute Gasteiger partial charge is 0.478 e. The normalized spacial score (nSPS) is 10.8. The quantitative estimate of drug-likeness (QED) is 0.799. The molecule has 0 atom stereocenters. The Morgan fingerprint density at radius 2 is 2.10 bits per heavy atom. The number of rotatable bonds is 3. The molecule has 0 aliphatic carbocycles. The Hall–Kier alpha value is -2.89. The first-order chi connectivity index (χ1) is 10.1. The Labute approximate surface area is 120 Å². The highest BCUT2D eigenvalue weighted by Crippen LogP contribution is 2.29. The van der Waals surface area contributed by atoms with Crippen LogP contribution >= 0.6 is 0 Å². The van der Waals surface area contributed by atoms with E-state index in [2.05, 4.69) is 9.97 Å². The number of carbonyl (C=O) groups is 1. The van der Waals surface area contributed by atoms with Crippen molar-refractivity contribution in [3.63, 3.8) is 0 Å². The summed E-state index contributed by atoms with van der Waals surface area (Å²) in [6.07, 6.45) is 3.27. The fraction of sp³-hybridized carbons (Fsp3) is 0.133. The molecular weight excluding hydrogens is 270 g/mol. The van der Waals surface area contributed by atoms with Crippen molar-refractivity contribution < 1.29 is 14.6 Å². The molecule has 6 nitrogen and oxygen atoms in total. The smallest absolute Gasteiger partial charge is 0.339 e. The number of hydrogen-bond acceptors (Lipinski definition) is 4. The van der Waals surface area contributed by atoms with Crippen molar-refractivity contribution in [1.29, 1.82) is 0 Å². The molecule has 2 aromatic heterocycles. The number of carboxylic acid groups (broad SMARTS) is 1. The maximum Gasteiger partial charge on any atom is 0.339 e. The van der Waals surface area contributed by atoms with E-state index >= 15 is 0 Å². The number of aromatic nitrogens is 3. The molecule has 106 valence electrons. The summed E-state index contributed by atoms with van der Waals surface area (Å²) >= 11 is 0. The van der Waals surface area contributed by atoms with Gasteiger partial charge in [0.25, 0.3) is 0 Å². The molecule has 0 amide bonds. The van der Waals surface area contributed by atoms with Crippen LogP contribution in [0.3, 0.4) is 0 Å². The van der Waals surface area contributed by atoms with Gasteiger partial charge in [0, 0.05) is 13.2 Å². The number of ether oxygens (including phenoxy) is 1. The first kappa shape index (κ1) is 13.1. The third-order valence-corrected chi connectivity index (χ3v) is 3.18. The van der Waals surface area contributed by atoms with E-state index in [1.807, 2.05) is 24.6 Å². The summed E-state index contributed by atoms with van der Waals surface area (Å²) in [5, 5.41) is 9.23. The number of carboxylic acids is 1. The fourth-order valence-electron chi connectivity index (χ4n) is 2.11. The predicted molar refractivity (Wildman–Crippen MR) is 76.7 cm³/mol. The first-order valence-corrected chi connectivity index (χ1v) is 6.34. The fourth-order valence-corrected chi connectivity index (χ4v) is 2.11. The number of aromatic carboxylic acids is 1. The molecule has 3 aromatic rings. The minimum Gasteiger partial charge on any atom is -0.478 e. The Kier molecular flexibility index (Phi) is 3.06. The van der Waals surface area contributed by atoms with Gasteiger partial charge in [0.05, 0.1) is 11.8 Å². The molecule has 0 radical (unpaired) electrons. The molecule has 3 rings (SSSR count). The van der Waals surface area contributed by atoms with Crippen LogP contribution in [0.1, 0.15) is 15.9 Å². The van der Waals surface area contributed by atoms with Crippen molar-refractivity contribution in [3.8, 4) is 11.6 Å². The lowest BCUT2D eigenvalue weighted by Crippen LogP contribution is -2.01. The molecule has 21 heavy (non-hydrogen) atoms. The van der Waals surface area contributed by atoms with Crippen LogP contribution in [-0.4, -0.2) is 25.6 Å². The first-order valence-electron chi connectivity index (χ1n) is 6.34. The van der Waals surface area contributed by atoms with Crippen LogP contribution in [0.15, 0.2) is 36.8 Å². The number of fused-ring (bicyclic) bond motifs is 1. The highest BCUT2D eigenvalue weighted by molar-refractivity contribution is 5.91. The maximum atomic E-state index is 11.3. The van der Waals surface area contributed by atoms with Crippen LogP contribution in [0.25, 0.3) is 11.0 Å². The SMILES string of the molecule is Cc1ccc(C(=O)O)c(Oc2nccc3c2ncn3C)c1. The van der Waals surface area contributed by atoms with Crippen molar-refractivity contribution in [2.45, 2.75) is 6.92 Å². The third-order valence-electron chi connectivity index (χ3n) is 3.18. The van der Waals surface area contributed by atoms with E-state index in [0.717, 1.165) is 11.1 Å². The van der Waals surface area contributed by atoms with Crippen LogP contribution in [0.4, 0.5) is 0 Å². The Morgan fingerprint density at radius 3 is 2.86 bits per heavy atom.